The molecule has 0 radical (unpaired) electrons. The fourth-order valence-corrected chi connectivity index (χ4v) is 3.58. The fraction of sp³-hybridized carbons (Fsp3) is 0.476. The Morgan fingerprint density at radius 2 is 1.93 bits per heavy atom. The van der Waals surface area contributed by atoms with Crippen LogP contribution in [-0.2, 0) is 16.0 Å². The summed E-state index contributed by atoms with van der Waals surface area (Å²) in [6, 6.07) is 7.41. The van der Waals surface area contributed by atoms with Crippen LogP contribution in [0.2, 0.25) is 0 Å². The molecule has 1 saturated carbocycles. The molecule has 0 saturated heterocycles. The standard InChI is InChI=1S/C21H27N3O4/c1-28-17-8-9-18-15(12-17)11-14(21(27)24-18)7-10-19(25)22-13-20(26)23-16-5-3-2-4-6-16/h8-9,11-12,16H,2-7,10,13H2,1H3,(H,22,25)(H,23,26)(H,24,27). The van der Waals surface area contributed by atoms with Gasteiger partial charge in [-0.25, -0.2) is 0 Å². The summed E-state index contributed by atoms with van der Waals surface area (Å²) in [5, 5.41) is 6.45. The number of methoxy groups -OCH3 is 1. The van der Waals surface area contributed by atoms with Crippen LogP contribution in [0.15, 0.2) is 29.1 Å². The second-order valence-corrected chi connectivity index (χ2v) is 7.26. The number of carbonyl (C=O) groups is 2. The lowest BCUT2D eigenvalue weighted by Gasteiger charge is -2.22. The summed E-state index contributed by atoms with van der Waals surface area (Å²) >= 11 is 0. The van der Waals surface area contributed by atoms with Gasteiger partial charge in [-0.15, -0.1) is 0 Å². The molecule has 0 bridgehead atoms. The van der Waals surface area contributed by atoms with E-state index in [1.165, 1.54) is 6.42 Å². The van der Waals surface area contributed by atoms with Crippen LogP contribution >= 0.6 is 0 Å². The average molecular weight is 385 g/mol. The van der Waals surface area contributed by atoms with E-state index in [1.807, 2.05) is 6.07 Å². The third-order valence-electron chi connectivity index (χ3n) is 5.17. The predicted molar refractivity (Wildman–Crippen MR) is 107 cm³/mol. The van der Waals surface area contributed by atoms with Gasteiger partial charge in [0.15, 0.2) is 0 Å². The van der Waals surface area contributed by atoms with Crippen LogP contribution in [0.4, 0.5) is 0 Å². The van der Waals surface area contributed by atoms with Gasteiger partial charge < -0.3 is 20.4 Å². The van der Waals surface area contributed by atoms with Crippen molar-refractivity contribution in [3.63, 3.8) is 0 Å². The maximum absolute atomic E-state index is 12.2. The van der Waals surface area contributed by atoms with Crippen molar-refractivity contribution >= 4 is 22.7 Å². The number of rotatable bonds is 7. The highest BCUT2D eigenvalue weighted by molar-refractivity contribution is 5.85. The molecule has 1 aliphatic rings. The molecule has 0 atom stereocenters. The summed E-state index contributed by atoms with van der Waals surface area (Å²) in [6.07, 6.45) is 5.98. The largest absolute Gasteiger partial charge is 0.497 e. The van der Waals surface area contributed by atoms with Crippen LogP contribution < -0.4 is 20.9 Å². The van der Waals surface area contributed by atoms with E-state index in [9.17, 15) is 14.4 Å². The number of pyridine rings is 1. The monoisotopic (exact) mass is 385 g/mol. The highest BCUT2D eigenvalue weighted by Gasteiger charge is 2.16. The zero-order chi connectivity index (χ0) is 19.9. The van der Waals surface area contributed by atoms with Gasteiger partial charge in [0, 0.05) is 28.9 Å². The molecule has 2 aromatic rings. The molecule has 0 aliphatic heterocycles. The Hall–Kier alpha value is -2.83. The lowest BCUT2D eigenvalue weighted by atomic mass is 9.95. The third-order valence-corrected chi connectivity index (χ3v) is 5.17. The number of H-pyrrole nitrogens is 1. The van der Waals surface area contributed by atoms with Crippen molar-refractivity contribution in [1.82, 2.24) is 15.6 Å². The van der Waals surface area contributed by atoms with Crippen molar-refractivity contribution in [2.45, 2.75) is 51.0 Å². The topological polar surface area (TPSA) is 100 Å². The molecule has 0 unspecified atom stereocenters. The van der Waals surface area contributed by atoms with Gasteiger partial charge in [0.1, 0.15) is 5.75 Å². The molecular formula is C21H27N3O4. The van der Waals surface area contributed by atoms with Gasteiger partial charge in [0.25, 0.3) is 5.56 Å². The van der Waals surface area contributed by atoms with E-state index in [0.29, 0.717) is 17.7 Å². The van der Waals surface area contributed by atoms with Crippen molar-refractivity contribution < 1.29 is 14.3 Å². The minimum absolute atomic E-state index is 0.0272. The first-order chi connectivity index (χ1) is 13.5. The molecule has 1 heterocycles. The van der Waals surface area contributed by atoms with Crippen LogP contribution in [0.1, 0.15) is 44.1 Å². The molecule has 3 N–H and O–H groups in total. The van der Waals surface area contributed by atoms with Gasteiger partial charge in [0.2, 0.25) is 11.8 Å². The van der Waals surface area contributed by atoms with Gasteiger partial charge in [-0.3, -0.25) is 14.4 Å². The maximum atomic E-state index is 12.2. The van der Waals surface area contributed by atoms with Crippen molar-refractivity contribution in [2.24, 2.45) is 0 Å². The number of ether oxygens (including phenoxy) is 1. The first-order valence-corrected chi connectivity index (χ1v) is 9.81. The number of aryl methyl sites for hydroxylation is 1. The Bertz CT molecular complexity index is 900. The number of amides is 2. The smallest absolute Gasteiger partial charge is 0.251 e. The first kappa shape index (κ1) is 19.9. The number of fused-ring (bicyclic) bond motifs is 1. The number of hydrogen-bond acceptors (Lipinski definition) is 4. The van der Waals surface area contributed by atoms with Gasteiger partial charge in [-0.1, -0.05) is 19.3 Å². The minimum Gasteiger partial charge on any atom is -0.497 e. The Balaban J connectivity index is 1.50. The Morgan fingerprint density at radius 3 is 2.68 bits per heavy atom. The van der Waals surface area contributed by atoms with Crippen molar-refractivity contribution in [1.29, 1.82) is 0 Å². The van der Waals surface area contributed by atoms with E-state index in [-0.39, 0.29) is 36.4 Å². The summed E-state index contributed by atoms with van der Waals surface area (Å²) in [5.41, 5.74) is 1.04. The molecule has 3 rings (SSSR count). The normalized spacial score (nSPS) is 14.6. The first-order valence-electron chi connectivity index (χ1n) is 9.81. The van der Waals surface area contributed by atoms with E-state index in [0.717, 1.165) is 36.6 Å². The van der Waals surface area contributed by atoms with Gasteiger partial charge in [-0.05, 0) is 43.5 Å². The molecule has 7 heteroatoms. The van der Waals surface area contributed by atoms with Crippen LogP contribution in [-0.4, -0.2) is 36.5 Å². The van der Waals surface area contributed by atoms with E-state index in [4.69, 9.17) is 4.74 Å². The molecule has 150 valence electrons. The molecule has 1 fully saturated rings. The summed E-state index contributed by atoms with van der Waals surface area (Å²) in [7, 11) is 1.59. The number of carbonyl (C=O) groups excluding carboxylic acids is 2. The highest BCUT2D eigenvalue weighted by atomic mass is 16.5. The molecule has 7 nitrogen and oxygen atoms in total. The second-order valence-electron chi connectivity index (χ2n) is 7.26. The number of aromatic amines is 1. The van der Waals surface area contributed by atoms with Gasteiger partial charge in [0.05, 0.1) is 13.7 Å². The lowest BCUT2D eigenvalue weighted by Crippen LogP contribution is -2.42. The Kier molecular flexibility index (Phi) is 6.68. The number of nitrogens with one attached hydrogen (secondary N) is 3. The lowest BCUT2D eigenvalue weighted by molar-refractivity contribution is -0.126. The zero-order valence-electron chi connectivity index (χ0n) is 16.2. The predicted octanol–water partition coefficient (Wildman–Crippen LogP) is 2.03. The summed E-state index contributed by atoms with van der Waals surface area (Å²) < 4.78 is 5.21. The molecule has 1 aromatic carbocycles. The van der Waals surface area contributed by atoms with Gasteiger partial charge >= 0.3 is 0 Å². The fourth-order valence-electron chi connectivity index (χ4n) is 3.58. The molecule has 0 spiro atoms. The number of hydrogen-bond donors (Lipinski definition) is 3. The molecule has 1 aliphatic carbocycles. The zero-order valence-corrected chi connectivity index (χ0v) is 16.2. The van der Waals surface area contributed by atoms with E-state index in [1.54, 1.807) is 25.3 Å². The van der Waals surface area contributed by atoms with E-state index in [2.05, 4.69) is 15.6 Å². The van der Waals surface area contributed by atoms with E-state index < -0.39 is 0 Å². The Labute approximate surface area is 163 Å². The summed E-state index contributed by atoms with van der Waals surface area (Å²) in [4.78, 5) is 39.1. The molecule has 28 heavy (non-hydrogen) atoms. The average Bonchev–Trinajstić information content (AvgIpc) is 2.71. The summed E-state index contributed by atoms with van der Waals surface area (Å²) in [5.74, 6) is 0.298. The SMILES string of the molecule is COc1ccc2[nH]c(=O)c(CCC(=O)NCC(=O)NC3CCCCC3)cc2c1. The second kappa shape index (κ2) is 9.39. The number of aromatic nitrogens is 1. The maximum Gasteiger partial charge on any atom is 0.251 e. The van der Waals surface area contributed by atoms with Crippen LogP contribution in [0, 0.1) is 0 Å². The third kappa shape index (κ3) is 5.34. The summed E-state index contributed by atoms with van der Waals surface area (Å²) in [6.45, 7) is -0.0272. The number of benzene rings is 1. The van der Waals surface area contributed by atoms with Crippen molar-refractivity contribution in [2.75, 3.05) is 13.7 Å². The van der Waals surface area contributed by atoms with E-state index >= 15 is 0 Å². The van der Waals surface area contributed by atoms with Gasteiger partial charge in [-0.2, -0.15) is 0 Å². The minimum atomic E-state index is -0.246. The van der Waals surface area contributed by atoms with Crippen LogP contribution in [0.5, 0.6) is 5.75 Å². The molecule has 2 amide bonds. The van der Waals surface area contributed by atoms with Crippen LogP contribution in [0.25, 0.3) is 10.9 Å². The Morgan fingerprint density at radius 1 is 1.14 bits per heavy atom. The van der Waals surface area contributed by atoms with Crippen LogP contribution in [0.3, 0.4) is 0 Å². The molecule has 1 aromatic heterocycles. The molecular weight excluding hydrogens is 358 g/mol. The quantitative estimate of drug-likeness (QED) is 0.679. The highest BCUT2D eigenvalue weighted by Crippen LogP contribution is 2.19. The van der Waals surface area contributed by atoms with Crippen molar-refractivity contribution in [3.05, 3.63) is 40.2 Å². The van der Waals surface area contributed by atoms with Crippen molar-refractivity contribution in [3.8, 4) is 5.75 Å².